The van der Waals surface area contributed by atoms with E-state index in [0.717, 1.165) is 5.56 Å². The highest BCUT2D eigenvalue weighted by molar-refractivity contribution is 6.17. The molecule has 84 valence electrons. The van der Waals surface area contributed by atoms with Crippen molar-refractivity contribution in [2.75, 3.05) is 13.6 Å². The fourth-order valence-corrected chi connectivity index (χ4v) is 1.45. The molecular weight excluding hydrogens is 224 g/mol. The van der Waals surface area contributed by atoms with Crippen molar-refractivity contribution in [3.63, 3.8) is 0 Å². The Bertz CT molecular complexity index is 394. The Morgan fingerprint density at radius 3 is 2.56 bits per heavy atom. The first-order valence-corrected chi connectivity index (χ1v) is 5.50. The molecule has 0 spiro atoms. The zero-order chi connectivity index (χ0) is 12.0. The van der Waals surface area contributed by atoms with Gasteiger partial charge in [-0.15, -0.1) is 11.6 Å². The van der Waals surface area contributed by atoms with E-state index in [1.54, 1.807) is 24.1 Å². The Hall–Kier alpha value is -1.53. The average Bonchev–Trinajstić information content (AvgIpc) is 2.35. The number of hydrogen-bond acceptors (Lipinski definition) is 2. The molecule has 1 rings (SSSR count). The first-order chi connectivity index (χ1) is 7.69. The van der Waals surface area contributed by atoms with E-state index in [0.29, 0.717) is 24.4 Å². The van der Waals surface area contributed by atoms with E-state index in [1.165, 1.54) is 0 Å². The Morgan fingerprint density at radius 1 is 1.44 bits per heavy atom. The van der Waals surface area contributed by atoms with Gasteiger partial charge in [0.25, 0.3) is 5.91 Å². The van der Waals surface area contributed by atoms with Crippen LogP contribution < -0.4 is 0 Å². The van der Waals surface area contributed by atoms with Crippen LogP contribution in [-0.4, -0.2) is 24.4 Å². The largest absolute Gasteiger partial charge is 0.341 e. The number of nitrogens with zero attached hydrogens (tertiary/aromatic N) is 2. The summed E-state index contributed by atoms with van der Waals surface area (Å²) < 4.78 is 0. The van der Waals surface area contributed by atoms with Crippen LogP contribution in [0.3, 0.4) is 0 Å². The second-order valence-electron chi connectivity index (χ2n) is 3.47. The first-order valence-electron chi connectivity index (χ1n) is 4.96. The molecule has 0 bridgehead atoms. The number of benzene rings is 1. The lowest BCUT2D eigenvalue weighted by molar-refractivity contribution is 0.0798. The third-order valence-electron chi connectivity index (χ3n) is 2.26. The normalized spacial score (nSPS) is 9.56. The van der Waals surface area contributed by atoms with Gasteiger partial charge in [-0.25, -0.2) is 0 Å². The maximum absolute atomic E-state index is 11.8. The predicted molar refractivity (Wildman–Crippen MR) is 63.2 cm³/mol. The molecule has 3 nitrogen and oxygen atoms in total. The lowest BCUT2D eigenvalue weighted by Gasteiger charge is -2.15. The smallest absolute Gasteiger partial charge is 0.253 e. The Kier molecular flexibility index (Phi) is 4.81. The van der Waals surface area contributed by atoms with E-state index in [1.807, 2.05) is 18.2 Å². The van der Waals surface area contributed by atoms with Crippen LogP contribution in [0.1, 0.15) is 22.3 Å². The minimum absolute atomic E-state index is 0.0728. The van der Waals surface area contributed by atoms with Crippen LogP contribution in [0.5, 0.6) is 0 Å². The van der Waals surface area contributed by atoms with Crippen molar-refractivity contribution in [1.82, 2.24) is 4.90 Å². The number of hydrogen-bond donors (Lipinski definition) is 0. The van der Waals surface area contributed by atoms with Crippen molar-refractivity contribution in [3.05, 3.63) is 35.4 Å². The Balaban J connectivity index is 2.69. The molecule has 1 amide bonds. The number of carbonyl (C=O) groups is 1. The first kappa shape index (κ1) is 12.5. The number of rotatable bonds is 4. The van der Waals surface area contributed by atoms with Crippen LogP contribution in [-0.2, 0) is 5.88 Å². The molecule has 0 aliphatic heterocycles. The second kappa shape index (κ2) is 6.14. The highest BCUT2D eigenvalue weighted by Crippen LogP contribution is 2.09. The number of halogens is 1. The van der Waals surface area contributed by atoms with Gasteiger partial charge in [-0.1, -0.05) is 12.1 Å². The Morgan fingerprint density at radius 2 is 2.06 bits per heavy atom. The van der Waals surface area contributed by atoms with Gasteiger partial charge in [0.1, 0.15) is 0 Å². The highest BCUT2D eigenvalue weighted by atomic mass is 35.5. The minimum atomic E-state index is -0.0728. The standard InChI is InChI=1S/C12H13ClN2O/c1-15(8-2-7-14)12(16)11-5-3-10(9-13)4-6-11/h3-6H,2,8-9H2,1H3. The molecule has 16 heavy (non-hydrogen) atoms. The molecule has 0 aliphatic rings. The van der Waals surface area contributed by atoms with Gasteiger partial charge in [0.2, 0.25) is 0 Å². The lowest BCUT2D eigenvalue weighted by atomic mass is 10.1. The fraction of sp³-hybridized carbons (Fsp3) is 0.333. The third-order valence-corrected chi connectivity index (χ3v) is 2.57. The second-order valence-corrected chi connectivity index (χ2v) is 3.73. The third kappa shape index (κ3) is 3.25. The summed E-state index contributed by atoms with van der Waals surface area (Å²) >= 11 is 5.66. The molecule has 0 heterocycles. The molecule has 4 heteroatoms. The number of alkyl halides is 1. The number of amides is 1. The summed E-state index contributed by atoms with van der Waals surface area (Å²) in [5.74, 6) is 0.370. The van der Waals surface area contributed by atoms with Crippen LogP contribution in [0.15, 0.2) is 24.3 Å². The molecule has 0 aromatic heterocycles. The summed E-state index contributed by atoms with van der Waals surface area (Å²) in [5, 5.41) is 8.43. The molecule has 0 N–H and O–H groups in total. The molecule has 1 aromatic rings. The van der Waals surface area contributed by atoms with Gasteiger partial charge < -0.3 is 4.90 Å². The van der Waals surface area contributed by atoms with Crippen LogP contribution in [0.4, 0.5) is 0 Å². The molecule has 0 saturated heterocycles. The predicted octanol–water partition coefficient (Wildman–Crippen LogP) is 2.41. The average molecular weight is 237 g/mol. The zero-order valence-corrected chi connectivity index (χ0v) is 9.87. The van der Waals surface area contributed by atoms with Gasteiger partial charge in [-0.3, -0.25) is 4.79 Å². The summed E-state index contributed by atoms with van der Waals surface area (Å²) in [7, 11) is 1.69. The fourth-order valence-electron chi connectivity index (χ4n) is 1.28. The molecular formula is C12H13ClN2O. The van der Waals surface area contributed by atoms with Crippen LogP contribution in [0, 0.1) is 11.3 Å². The van der Waals surface area contributed by atoms with Gasteiger partial charge >= 0.3 is 0 Å². The van der Waals surface area contributed by atoms with Gasteiger partial charge in [-0.2, -0.15) is 5.26 Å². The highest BCUT2D eigenvalue weighted by Gasteiger charge is 2.10. The number of carbonyl (C=O) groups excluding carboxylic acids is 1. The van der Waals surface area contributed by atoms with Crippen molar-refractivity contribution >= 4 is 17.5 Å². The van der Waals surface area contributed by atoms with Gasteiger partial charge in [0.05, 0.1) is 12.5 Å². The SMILES string of the molecule is CN(CCC#N)C(=O)c1ccc(CCl)cc1. The van der Waals surface area contributed by atoms with Crippen molar-refractivity contribution in [2.45, 2.75) is 12.3 Å². The number of nitriles is 1. The molecule has 1 aromatic carbocycles. The topological polar surface area (TPSA) is 44.1 Å². The molecule has 0 saturated carbocycles. The van der Waals surface area contributed by atoms with Crippen LogP contribution in [0.2, 0.25) is 0 Å². The Labute approximate surface area is 100 Å². The monoisotopic (exact) mass is 236 g/mol. The van der Waals surface area contributed by atoms with Crippen LogP contribution in [0.25, 0.3) is 0 Å². The van der Waals surface area contributed by atoms with Crippen LogP contribution >= 0.6 is 11.6 Å². The van der Waals surface area contributed by atoms with E-state index in [4.69, 9.17) is 16.9 Å². The van der Waals surface area contributed by atoms with E-state index in [9.17, 15) is 4.79 Å². The molecule has 0 radical (unpaired) electrons. The maximum atomic E-state index is 11.8. The summed E-state index contributed by atoms with van der Waals surface area (Å²) in [6.45, 7) is 0.451. The van der Waals surface area contributed by atoms with Crippen molar-refractivity contribution in [1.29, 1.82) is 5.26 Å². The van der Waals surface area contributed by atoms with Gasteiger partial charge in [0.15, 0.2) is 0 Å². The lowest BCUT2D eigenvalue weighted by Crippen LogP contribution is -2.27. The van der Waals surface area contributed by atoms with Crippen molar-refractivity contribution < 1.29 is 4.79 Å². The minimum Gasteiger partial charge on any atom is -0.341 e. The van der Waals surface area contributed by atoms with E-state index in [2.05, 4.69) is 0 Å². The summed E-state index contributed by atoms with van der Waals surface area (Å²) in [5.41, 5.74) is 1.60. The summed E-state index contributed by atoms with van der Waals surface area (Å²) in [6.07, 6.45) is 0.349. The van der Waals surface area contributed by atoms with E-state index >= 15 is 0 Å². The van der Waals surface area contributed by atoms with Gasteiger partial charge in [-0.05, 0) is 17.7 Å². The molecule has 0 unspecified atom stereocenters. The summed E-state index contributed by atoms with van der Waals surface area (Å²) in [6, 6.07) is 9.18. The van der Waals surface area contributed by atoms with Gasteiger partial charge in [0, 0.05) is 25.0 Å². The van der Waals surface area contributed by atoms with E-state index in [-0.39, 0.29) is 5.91 Å². The molecule has 0 aliphatic carbocycles. The zero-order valence-electron chi connectivity index (χ0n) is 9.11. The van der Waals surface area contributed by atoms with Crippen molar-refractivity contribution in [2.24, 2.45) is 0 Å². The van der Waals surface area contributed by atoms with E-state index < -0.39 is 0 Å². The summed E-state index contributed by atoms with van der Waals surface area (Å²) in [4.78, 5) is 13.4. The maximum Gasteiger partial charge on any atom is 0.253 e. The molecule has 0 atom stereocenters. The molecule has 0 fully saturated rings. The van der Waals surface area contributed by atoms with Crippen molar-refractivity contribution in [3.8, 4) is 6.07 Å². The quantitative estimate of drug-likeness (QED) is 0.754.